The molecule has 0 aliphatic heterocycles. The van der Waals surface area contributed by atoms with Gasteiger partial charge in [-0.25, -0.2) is 5.43 Å². The lowest BCUT2D eigenvalue weighted by atomic mass is 10.1. The highest BCUT2D eigenvalue weighted by atomic mass is 35.5. The lowest BCUT2D eigenvalue weighted by Crippen LogP contribution is -2.19. The Morgan fingerprint density at radius 3 is 2.20 bits per heavy atom. The third-order valence-corrected chi connectivity index (χ3v) is 4.58. The molecule has 0 heterocycles. The summed E-state index contributed by atoms with van der Waals surface area (Å²) in [6, 6.07) is 20.6. The first-order valence-electron chi connectivity index (χ1n) is 9.12. The van der Waals surface area contributed by atoms with Gasteiger partial charge in [0, 0.05) is 21.8 Å². The number of anilines is 1. The van der Waals surface area contributed by atoms with Gasteiger partial charge in [0.15, 0.2) is 0 Å². The van der Waals surface area contributed by atoms with Gasteiger partial charge in [-0.3, -0.25) is 9.59 Å². The van der Waals surface area contributed by atoms with Crippen LogP contribution in [0, 0.1) is 0 Å². The first-order valence-corrected chi connectivity index (χ1v) is 9.50. The molecule has 0 unspecified atom stereocenters. The first-order chi connectivity index (χ1) is 14.5. The molecule has 6 nitrogen and oxygen atoms in total. The van der Waals surface area contributed by atoms with Crippen molar-refractivity contribution >= 4 is 34.8 Å². The molecule has 3 rings (SSSR count). The largest absolute Gasteiger partial charge is 0.497 e. The Balaban J connectivity index is 1.62. The Morgan fingerprint density at radius 1 is 0.867 bits per heavy atom. The summed E-state index contributed by atoms with van der Waals surface area (Å²) in [5.74, 6) is 0.0371. The van der Waals surface area contributed by atoms with E-state index in [0.717, 1.165) is 5.56 Å². The van der Waals surface area contributed by atoms with Gasteiger partial charge < -0.3 is 10.1 Å². The average Bonchev–Trinajstić information content (AvgIpc) is 2.78. The lowest BCUT2D eigenvalue weighted by molar-refractivity contribution is 0.0953. The van der Waals surface area contributed by atoms with E-state index in [2.05, 4.69) is 15.8 Å². The molecule has 0 fully saturated rings. The molecule has 0 atom stereocenters. The standard InChI is InChI=1S/C23H20ClN3O3/c1-15(26-27-23(29)18-4-3-5-21(14-18)30-2)16-8-12-20(13-9-16)25-22(28)17-6-10-19(24)11-7-17/h3-14H,1-2H3,(H,25,28)(H,27,29). The van der Waals surface area contributed by atoms with Gasteiger partial charge in [-0.05, 0) is 67.1 Å². The van der Waals surface area contributed by atoms with Crippen molar-refractivity contribution in [2.75, 3.05) is 12.4 Å². The van der Waals surface area contributed by atoms with Crippen molar-refractivity contribution in [1.29, 1.82) is 0 Å². The Morgan fingerprint density at radius 2 is 1.53 bits per heavy atom. The van der Waals surface area contributed by atoms with Crippen molar-refractivity contribution < 1.29 is 14.3 Å². The smallest absolute Gasteiger partial charge is 0.271 e. The zero-order valence-electron chi connectivity index (χ0n) is 16.5. The highest BCUT2D eigenvalue weighted by molar-refractivity contribution is 6.30. The number of nitrogens with one attached hydrogen (secondary N) is 2. The number of nitrogens with zero attached hydrogens (tertiary/aromatic N) is 1. The number of hydrogen-bond donors (Lipinski definition) is 2. The van der Waals surface area contributed by atoms with E-state index in [0.29, 0.717) is 33.3 Å². The fraction of sp³-hybridized carbons (Fsp3) is 0.0870. The lowest BCUT2D eigenvalue weighted by Gasteiger charge is -2.07. The SMILES string of the molecule is COc1cccc(C(=O)NN=C(C)c2ccc(NC(=O)c3ccc(Cl)cc3)cc2)c1. The number of ether oxygens (including phenoxy) is 1. The van der Waals surface area contributed by atoms with Crippen molar-refractivity contribution in [3.63, 3.8) is 0 Å². The highest BCUT2D eigenvalue weighted by Gasteiger charge is 2.08. The molecule has 0 saturated carbocycles. The van der Waals surface area contributed by atoms with Crippen LogP contribution in [0.25, 0.3) is 0 Å². The molecule has 2 amide bonds. The molecule has 0 bridgehead atoms. The normalized spacial score (nSPS) is 11.0. The first kappa shape index (κ1) is 21.1. The Labute approximate surface area is 179 Å². The molecular weight excluding hydrogens is 402 g/mol. The van der Waals surface area contributed by atoms with Crippen LogP contribution in [-0.4, -0.2) is 24.6 Å². The summed E-state index contributed by atoms with van der Waals surface area (Å²) in [7, 11) is 1.54. The van der Waals surface area contributed by atoms with Crippen LogP contribution in [0.5, 0.6) is 5.75 Å². The zero-order chi connectivity index (χ0) is 21.5. The molecule has 0 aliphatic carbocycles. The summed E-state index contributed by atoms with van der Waals surface area (Å²) in [4.78, 5) is 24.5. The Bertz CT molecular complexity index is 1080. The van der Waals surface area contributed by atoms with Crippen LogP contribution >= 0.6 is 11.6 Å². The van der Waals surface area contributed by atoms with Gasteiger partial charge >= 0.3 is 0 Å². The van der Waals surface area contributed by atoms with Gasteiger partial charge in [0.2, 0.25) is 0 Å². The minimum Gasteiger partial charge on any atom is -0.497 e. The van der Waals surface area contributed by atoms with Gasteiger partial charge in [-0.1, -0.05) is 29.8 Å². The topological polar surface area (TPSA) is 79.8 Å². The monoisotopic (exact) mass is 421 g/mol. The molecule has 2 N–H and O–H groups in total. The summed E-state index contributed by atoms with van der Waals surface area (Å²) in [5.41, 5.74) is 5.58. The molecule has 0 aliphatic rings. The molecule has 3 aromatic carbocycles. The van der Waals surface area contributed by atoms with Gasteiger partial charge in [-0.2, -0.15) is 5.10 Å². The van der Waals surface area contributed by atoms with E-state index >= 15 is 0 Å². The van der Waals surface area contributed by atoms with Crippen LogP contribution in [-0.2, 0) is 0 Å². The van der Waals surface area contributed by atoms with Crippen LogP contribution < -0.4 is 15.5 Å². The summed E-state index contributed by atoms with van der Waals surface area (Å²) >= 11 is 5.84. The molecule has 0 spiro atoms. The maximum atomic E-state index is 12.3. The Hall–Kier alpha value is -3.64. The van der Waals surface area contributed by atoms with E-state index < -0.39 is 0 Å². The van der Waals surface area contributed by atoms with E-state index in [9.17, 15) is 9.59 Å². The summed E-state index contributed by atoms with van der Waals surface area (Å²) < 4.78 is 5.12. The average molecular weight is 422 g/mol. The molecule has 0 aromatic heterocycles. The minimum atomic E-state index is -0.333. The number of halogens is 1. The molecular formula is C23H20ClN3O3. The summed E-state index contributed by atoms with van der Waals surface area (Å²) in [6.45, 7) is 1.78. The number of benzene rings is 3. The van der Waals surface area contributed by atoms with Gasteiger partial charge in [0.1, 0.15) is 5.75 Å². The van der Waals surface area contributed by atoms with Crippen molar-refractivity contribution in [3.05, 3.63) is 94.5 Å². The molecule has 7 heteroatoms. The number of carbonyl (C=O) groups excluding carboxylic acids is 2. The maximum Gasteiger partial charge on any atom is 0.271 e. The fourth-order valence-corrected chi connectivity index (χ4v) is 2.75. The number of rotatable bonds is 6. The van der Waals surface area contributed by atoms with Crippen molar-refractivity contribution in [1.82, 2.24) is 5.43 Å². The van der Waals surface area contributed by atoms with Crippen molar-refractivity contribution in [2.45, 2.75) is 6.92 Å². The van der Waals surface area contributed by atoms with Crippen LogP contribution in [0.2, 0.25) is 5.02 Å². The van der Waals surface area contributed by atoms with Crippen LogP contribution in [0.1, 0.15) is 33.2 Å². The van der Waals surface area contributed by atoms with E-state index in [1.54, 1.807) is 74.7 Å². The highest BCUT2D eigenvalue weighted by Crippen LogP contribution is 2.15. The summed E-state index contributed by atoms with van der Waals surface area (Å²) in [5, 5.41) is 7.55. The molecule has 0 radical (unpaired) electrons. The van der Waals surface area contributed by atoms with E-state index in [1.807, 2.05) is 12.1 Å². The maximum absolute atomic E-state index is 12.3. The van der Waals surface area contributed by atoms with Gasteiger partial charge in [-0.15, -0.1) is 0 Å². The van der Waals surface area contributed by atoms with Gasteiger partial charge in [0.25, 0.3) is 11.8 Å². The summed E-state index contributed by atoms with van der Waals surface area (Å²) in [6.07, 6.45) is 0. The molecule has 152 valence electrons. The number of amides is 2. The predicted molar refractivity (Wildman–Crippen MR) is 119 cm³/mol. The third kappa shape index (κ3) is 5.46. The third-order valence-electron chi connectivity index (χ3n) is 4.32. The van der Waals surface area contributed by atoms with E-state index in [-0.39, 0.29) is 11.8 Å². The van der Waals surface area contributed by atoms with Crippen molar-refractivity contribution in [2.24, 2.45) is 5.10 Å². The van der Waals surface area contributed by atoms with Crippen LogP contribution in [0.4, 0.5) is 5.69 Å². The quantitative estimate of drug-likeness (QED) is 0.445. The minimum absolute atomic E-state index is 0.227. The molecule has 3 aromatic rings. The number of methoxy groups -OCH3 is 1. The second-order valence-corrected chi connectivity index (χ2v) is 6.84. The second-order valence-electron chi connectivity index (χ2n) is 6.41. The van der Waals surface area contributed by atoms with E-state index in [1.165, 1.54) is 0 Å². The number of hydrazone groups is 1. The predicted octanol–water partition coefficient (Wildman–Crippen LogP) is 4.75. The molecule has 30 heavy (non-hydrogen) atoms. The van der Waals surface area contributed by atoms with Crippen molar-refractivity contribution in [3.8, 4) is 5.75 Å². The van der Waals surface area contributed by atoms with Gasteiger partial charge in [0.05, 0.1) is 12.8 Å². The fourth-order valence-electron chi connectivity index (χ4n) is 2.63. The van der Waals surface area contributed by atoms with Crippen LogP contribution in [0.3, 0.4) is 0 Å². The Kier molecular flexibility index (Phi) is 6.83. The van der Waals surface area contributed by atoms with Crippen LogP contribution in [0.15, 0.2) is 77.9 Å². The number of carbonyl (C=O) groups is 2. The second kappa shape index (κ2) is 9.71. The number of hydrogen-bond acceptors (Lipinski definition) is 4. The zero-order valence-corrected chi connectivity index (χ0v) is 17.2. The van der Waals surface area contributed by atoms with E-state index in [4.69, 9.17) is 16.3 Å². The molecule has 0 saturated heterocycles.